The number of piperazine rings is 1. The molecule has 1 saturated heterocycles. The number of thiophene rings is 1. The van der Waals surface area contributed by atoms with Crippen molar-refractivity contribution in [3.05, 3.63) is 94.9 Å². The van der Waals surface area contributed by atoms with Crippen molar-refractivity contribution in [3.63, 3.8) is 0 Å². The van der Waals surface area contributed by atoms with Crippen molar-refractivity contribution in [3.8, 4) is 11.5 Å². The maximum absolute atomic E-state index is 10.8. The summed E-state index contributed by atoms with van der Waals surface area (Å²) in [6, 6.07) is 22.5. The average Bonchev–Trinajstić information content (AvgIpc) is 3.36. The molecule has 1 atom stereocenters. The molecule has 3 aromatic carbocycles. The van der Waals surface area contributed by atoms with E-state index >= 15 is 0 Å². The zero-order valence-corrected chi connectivity index (χ0v) is 21.7. The van der Waals surface area contributed by atoms with Gasteiger partial charge in [-0.05, 0) is 64.2 Å². The first kappa shape index (κ1) is 25.7. The number of hydrogen-bond acceptors (Lipinski definition) is 7. The number of benzene rings is 3. The molecule has 1 fully saturated rings. The standard InChI is InChI=1S/C30H34N2O4S/c33-24-9-5-22(6-10-24)30(23-7-11-25(34)12-8-23)36-20-19-32-17-15-31(16-18-32)14-13-28(35)27-21-37-29-4-2-1-3-26(27)29/h1-12,21,28,30,33-35H,13-20H2. The highest BCUT2D eigenvalue weighted by atomic mass is 32.1. The summed E-state index contributed by atoms with van der Waals surface area (Å²) in [6.45, 7) is 6.22. The maximum Gasteiger partial charge on any atom is 0.115 e. The molecule has 5 rings (SSSR count). The lowest BCUT2D eigenvalue weighted by molar-refractivity contribution is 0.0427. The van der Waals surface area contributed by atoms with Crippen LogP contribution in [-0.4, -0.2) is 71.0 Å². The molecule has 0 spiro atoms. The summed E-state index contributed by atoms with van der Waals surface area (Å²) in [5.41, 5.74) is 2.98. The Morgan fingerprint density at radius 3 is 1.95 bits per heavy atom. The molecular formula is C30H34N2O4S. The fourth-order valence-electron chi connectivity index (χ4n) is 4.94. The third-order valence-corrected chi connectivity index (χ3v) is 8.12. The van der Waals surface area contributed by atoms with E-state index < -0.39 is 6.10 Å². The number of nitrogens with zero attached hydrogens (tertiary/aromatic N) is 2. The zero-order chi connectivity index (χ0) is 25.6. The van der Waals surface area contributed by atoms with Gasteiger partial charge in [0.1, 0.15) is 17.6 Å². The van der Waals surface area contributed by atoms with Gasteiger partial charge in [-0.2, -0.15) is 0 Å². The van der Waals surface area contributed by atoms with Crippen LogP contribution in [0.15, 0.2) is 78.2 Å². The average molecular weight is 519 g/mol. The number of rotatable bonds is 10. The van der Waals surface area contributed by atoms with E-state index in [1.54, 1.807) is 35.6 Å². The Morgan fingerprint density at radius 2 is 1.32 bits per heavy atom. The smallest absolute Gasteiger partial charge is 0.115 e. The first-order chi connectivity index (χ1) is 18.1. The van der Waals surface area contributed by atoms with Crippen molar-refractivity contribution in [2.75, 3.05) is 45.9 Å². The van der Waals surface area contributed by atoms with Crippen LogP contribution < -0.4 is 0 Å². The summed E-state index contributed by atoms with van der Waals surface area (Å²) < 4.78 is 7.56. The van der Waals surface area contributed by atoms with E-state index in [1.165, 1.54) is 10.1 Å². The van der Waals surface area contributed by atoms with Gasteiger partial charge in [0.2, 0.25) is 0 Å². The van der Waals surface area contributed by atoms with Crippen LogP contribution in [0.5, 0.6) is 11.5 Å². The first-order valence-electron chi connectivity index (χ1n) is 12.9. The monoisotopic (exact) mass is 518 g/mol. The minimum absolute atomic E-state index is 0.224. The van der Waals surface area contributed by atoms with Crippen LogP contribution in [0.3, 0.4) is 0 Å². The van der Waals surface area contributed by atoms with Crippen LogP contribution in [-0.2, 0) is 4.74 Å². The van der Waals surface area contributed by atoms with Crippen LogP contribution in [0.2, 0.25) is 0 Å². The Morgan fingerprint density at radius 1 is 0.757 bits per heavy atom. The van der Waals surface area contributed by atoms with Gasteiger partial charge in [-0.15, -0.1) is 11.3 Å². The Balaban J connectivity index is 1.09. The molecule has 2 heterocycles. The molecule has 3 N–H and O–H groups in total. The van der Waals surface area contributed by atoms with Gasteiger partial charge in [0.05, 0.1) is 12.7 Å². The van der Waals surface area contributed by atoms with Gasteiger partial charge in [-0.1, -0.05) is 42.5 Å². The third-order valence-electron chi connectivity index (χ3n) is 7.14. The van der Waals surface area contributed by atoms with Crippen LogP contribution in [0.1, 0.15) is 35.3 Å². The van der Waals surface area contributed by atoms with Crippen molar-refractivity contribution in [1.29, 1.82) is 0 Å². The molecule has 1 aliphatic heterocycles. The van der Waals surface area contributed by atoms with Crippen LogP contribution in [0.4, 0.5) is 0 Å². The van der Waals surface area contributed by atoms with Crippen LogP contribution in [0.25, 0.3) is 10.1 Å². The van der Waals surface area contributed by atoms with Gasteiger partial charge in [-0.3, -0.25) is 4.90 Å². The van der Waals surface area contributed by atoms with Gasteiger partial charge >= 0.3 is 0 Å². The molecule has 0 aliphatic carbocycles. The molecule has 4 aromatic rings. The van der Waals surface area contributed by atoms with Gasteiger partial charge in [0.25, 0.3) is 0 Å². The van der Waals surface area contributed by atoms with E-state index in [2.05, 4.69) is 27.3 Å². The Bertz CT molecular complexity index is 1220. The quantitative estimate of drug-likeness (QED) is 0.269. The summed E-state index contributed by atoms with van der Waals surface area (Å²) in [4.78, 5) is 4.86. The lowest BCUT2D eigenvalue weighted by Crippen LogP contribution is -2.47. The molecule has 194 valence electrons. The molecule has 1 aromatic heterocycles. The number of aliphatic hydroxyl groups excluding tert-OH is 1. The molecule has 0 radical (unpaired) electrons. The van der Waals surface area contributed by atoms with E-state index in [-0.39, 0.29) is 17.6 Å². The molecule has 0 saturated carbocycles. The van der Waals surface area contributed by atoms with Gasteiger partial charge in [0, 0.05) is 44.0 Å². The third kappa shape index (κ3) is 6.50. The highest BCUT2D eigenvalue weighted by molar-refractivity contribution is 7.17. The summed E-state index contributed by atoms with van der Waals surface area (Å²) in [5.74, 6) is 0.449. The van der Waals surface area contributed by atoms with E-state index in [9.17, 15) is 15.3 Å². The Kier molecular flexibility index (Phi) is 8.38. The lowest BCUT2D eigenvalue weighted by atomic mass is 10.0. The van der Waals surface area contributed by atoms with Crippen LogP contribution >= 0.6 is 11.3 Å². The SMILES string of the molecule is Oc1ccc(C(OCCN2CCN(CCC(O)c3csc4ccccc34)CC2)c2ccc(O)cc2)cc1. The highest BCUT2D eigenvalue weighted by Gasteiger charge is 2.20. The second kappa shape index (κ2) is 12.1. The predicted molar refractivity (Wildman–Crippen MR) is 148 cm³/mol. The van der Waals surface area contributed by atoms with Crippen molar-refractivity contribution >= 4 is 21.4 Å². The number of hydrogen-bond donors (Lipinski definition) is 3. The van der Waals surface area contributed by atoms with E-state index in [1.807, 2.05) is 36.4 Å². The molecule has 0 bridgehead atoms. The number of phenolic OH excluding ortho intramolecular Hbond substituents is 2. The zero-order valence-electron chi connectivity index (χ0n) is 20.9. The van der Waals surface area contributed by atoms with Gasteiger partial charge in [-0.25, -0.2) is 0 Å². The largest absolute Gasteiger partial charge is 0.508 e. The van der Waals surface area contributed by atoms with Gasteiger partial charge < -0.3 is 25.0 Å². The minimum Gasteiger partial charge on any atom is -0.508 e. The molecule has 0 amide bonds. The predicted octanol–water partition coefficient (Wildman–Crippen LogP) is 5.16. The van der Waals surface area contributed by atoms with E-state index in [4.69, 9.17) is 4.74 Å². The second-order valence-electron chi connectivity index (χ2n) is 9.61. The fraction of sp³-hybridized carbons (Fsp3) is 0.333. The summed E-state index contributed by atoms with van der Waals surface area (Å²) in [6.07, 6.45) is 0.0431. The van der Waals surface area contributed by atoms with Crippen LogP contribution in [0, 0.1) is 0 Å². The summed E-state index contributed by atoms with van der Waals surface area (Å²) in [7, 11) is 0. The first-order valence-corrected chi connectivity index (χ1v) is 13.7. The Labute approximate surface area is 222 Å². The molecular weight excluding hydrogens is 484 g/mol. The lowest BCUT2D eigenvalue weighted by Gasteiger charge is -2.35. The Hall–Kier alpha value is -2.94. The van der Waals surface area contributed by atoms with Crippen molar-refractivity contribution in [2.45, 2.75) is 18.6 Å². The number of ether oxygens (including phenoxy) is 1. The molecule has 1 aliphatic rings. The summed E-state index contributed by atoms with van der Waals surface area (Å²) in [5, 5.41) is 33.4. The highest BCUT2D eigenvalue weighted by Crippen LogP contribution is 2.32. The minimum atomic E-state index is -0.431. The molecule has 1 unspecified atom stereocenters. The van der Waals surface area contributed by atoms with E-state index in [0.29, 0.717) is 6.61 Å². The fourth-order valence-corrected chi connectivity index (χ4v) is 5.94. The number of aromatic hydroxyl groups is 2. The second-order valence-corrected chi connectivity index (χ2v) is 10.5. The maximum atomic E-state index is 10.8. The normalized spacial score (nSPS) is 15.9. The number of phenols is 2. The number of aliphatic hydroxyl groups is 1. The van der Waals surface area contributed by atoms with Crippen molar-refractivity contribution < 1.29 is 20.1 Å². The van der Waals surface area contributed by atoms with Crippen molar-refractivity contribution in [1.82, 2.24) is 9.80 Å². The number of fused-ring (bicyclic) bond motifs is 1. The summed E-state index contributed by atoms with van der Waals surface area (Å²) >= 11 is 1.70. The topological polar surface area (TPSA) is 76.4 Å². The molecule has 6 nitrogen and oxygen atoms in total. The molecule has 37 heavy (non-hydrogen) atoms. The van der Waals surface area contributed by atoms with E-state index in [0.717, 1.165) is 62.4 Å². The van der Waals surface area contributed by atoms with Crippen molar-refractivity contribution in [2.24, 2.45) is 0 Å². The molecule has 7 heteroatoms. The van der Waals surface area contributed by atoms with Gasteiger partial charge in [0.15, 0.2) is 0 Å².